The van der Waals surface area contributed by atoms with Gasteiger partial charge in [-0.2, -0.15) is 10.2 Å². The van der Waals surface area contributed by atoms with E-state index in [9.17, 15) is 4.79 Å². The smallest absolute Gasteiger partial charge is 0.220 e. The Morgan fingerprint density at radius 1 is 1.33 bits per heavy atom. The minimum Gasteiger partial charge on any atom is -0.346 e. The SMILES string of the molecule is Cn1nccc1[C@@H]1NC(=O)CC[C@H]1NCc1cnn2ccccc12. The number of fused-ring (bicyclic) bond motifs is 1. The quantitative estimate of drug-likeness (QED) is 0.755. The van der Waals surface area contributed by atoms with Gasteiger partial charge in [0.25, 0.3) is 0 Å². The molecule has 1 fully saturated rings. The third-order valence-electron chi connectivity index (χ3n) is 4.64. The number of nitrogens with one attached hydrogen (secondary N) is 2. The van der Waals surface area contributed by atoms with Crippen molar-refractivity contribution in [2.45, 2.75) is 31.5 Å². The lowest BCUT2D eigenvalue weighted by Gasteiger charge is -2.33. The monoisotopic (exact) mass is 324 g/mol. The summed E-state index contributed by atoms with van der Waals surface area (Å²) in [7, 11) is 1.90. The van der Waals surface area contributed by atoms with Crippen LogP contribution in [0.5, 0.6) is 0 Å². The van der Waals surface area contributed by atoms with Gasteiger partial charge in [-0.1, -0.05) is 6.07 Å². The molecule has 0 saturated carbocycles. The molecule has 0 unspecified atom stereocenters. The van der Waals surface area contributed by atoms with Crippen LogP contribution in [0.2, 0.25) is 0 Å². The van der Waals surface area contributed by atoms with Crippen LogP contribution in [0.4, 0.5) is 0 Å². The van der Waals surface area contributed by atoms with Crippen LogP contribution in [0.25, 0.3) is 5.52 Å². The lowest BCUT2D eigenvalue weighted by molar-refractivity contribution is -0.124. The zero-order valence-electron chi connectivity index (χ0n) is 13.5. The van der Waals surface area contributed by atoms with Gasteiger partial charge in [-0.25, -0.2) is 4.52 Å². The standard InChI is InChI=1S/C17H20N6O/c1-22-15(7-8-19-22)17-13(5-6-16(24)21-17)18-10-12-11-20-23-9-3-2-4-14(12)23/h2-4,7-9,11,13,17-18H,5-6,10H2,1H3,(H,21,24)/t13-,17-/m1/s1. The maximum absolute atomic E-state index is 11.9. The summed E-state index contributed by atoms with van der Waals surface area (Å²) < 4.78 is 3.69. The molecule has 0 radical (unpaired) electrons. The van der Waals surface area contributed by atoms with Gasteiger partial charge in [0.05, 0.1) is 23.4 Å². The van der Waals surface area contributed by atoms with Crippen molar-refractivity contribution in [2.24, 2.45) is 7.05 Å². The number of amides is 1. The fourth-order valence-electron chi connectivity index (χ4n) is 3.35. The van der Waals surface area contributed by atoms with E-state index in [0.717, 1.165) is 23.2 Å². The molecule has 1 saturated heterocycles. The topological polar surface area (TPSA) is 76.2 Å². The Kier molecular flexibility index (Phi) is 3.78. The number of pyridine rings is 1. The molecule has 7 nitrogen and oxygen atoms in total. The highest BCUT2D eigenvalue weighted by atomic mass is 16.1. The summed E-state index contributed by atoms with van der Waals surface area (Å²) in [6.07, 6.45) is 6.95. The minimum atomic E-state index is -0.0689. The molecule has 4 rings (SSSR count). The van der Waals surface area contributed by atoms with Gasteiger partial charge in [0.1, 0.15) is 0 Å². The fraction of sp³-hybridized carbons (Fsp3) is 0.353. The summed E-state index contributed by atoms with van der Waals surface area (Å²) in [5.74, 6) is 0.0928. The molecule has 3 aromatic heterocycles. The van der Waals surface area contributed by atoms with Crippen molar-refractivity contribution in [1.29, 1.82) is 0 Å². The number of hydrogen-bond donors (Lipinski definition) is 2. The molecule has 2 atom stereocenters. The van der Waals surface area contributed by atoms with Crippen LogP contribution in [-0.4, -0.2) is 31.3 Å². The average molecular weight is 324 g/mol. The van der Waals surface area contributed by atoms with Crippen LogP contribution < -0.4 is 10.6 Å². The third-order valence-corrected chi connectivity index (χ3v) is 4.64. The van der Waals surface area contributed by atoms with Gasteiger partial charge >= 0.3 is 0 Å². The van der Waals surface area contributed by atoms with Crippen molar-refractivity contribution in [2.75, 3.05) is 0 Å². The molecule has 7 heteroatoms. The highest BCUT2D eigenvalue weighted by Crippen LogP contribution is 2.24. The van der Waals surface area contributed by atoms with Gasteiger partial charge in [-0.3, -0.25) is 9.48 Å². The molecular weight excluding hydrogens is 304 g/mol. The zero-order valence-corrected chi connectivity index (χ0v) is 13.5. The number of piperidine rings is 1. The molecule has 2 N–H and O–H groups in total. The van der Waals surface area contributed by atoms with Gasteiger partial charge in [0, 0.05) is 44.0 Å². The number of aromatic nitrogens is 4. The second-order valence-electron chi connectivity index (χ2n) is 6.15. The fourth-order valence-corrected chi connectivity index (χ4v) is 3.35. The number of carbonyl (C=O) groups excluding carboxylic acids is 1. The molecule has 3 aromatic rings. The Morgan fingerprint density at radius 2 is 2.25 bits per heavy atom. The lowest BCUT2D eigenvalue weighted by Crippen LogP contribution is -2.48. The molecule has 1 aliphatic rings. The summed E-state index contributed by atoms with van der Waals surface area (Å²) in [5, 5.41) is 15.3. The third kappa shape index (κ3) is 2.67. The number of nitrogens with zero attached hydrogens (tertiary/aromatic N) is 4. The van der Waals surface area contributed by atoms with E-state index in [1.807, 2.05) is 46.8 Å². The minimum absolute atomic E-state index is 0.0689. The largest absolute Gasteiger partial charge is 0.346 e. The van der Waals surface area contributed by atoms with Crippen LogP contribution in [0.3, 0.4) is 0 Å². The Morgan fingerprint density at radius 3 is 3.08 bits per heavy atom. The van der Waals surface area contributed by atoms with Crippen molar-refractivity contribution in [3.63, 3.8) is 0 Å². The number of carbonyl (C=O) groups is 1. The lowest BCUT2D eigenvalue weighted by atomic mass is 9.95. The van der Waals surface area contributed by atoms with Crippen LogP contribution in [-0.2, 0) is 18.4 Å². The van der Waals surface area contributed by atoms with Crippen molar-refractivity contribution >= 4 is 11.4 Å². The van der Waals surface area contributed by atoms with Gasteiger partial charge < -0.3 is 10.6 Å². The van der Waals surface area contributed by atoms with Gasteiger partial charge in [0.15, 0.2) is 0 Å². The van der Waals surface area contributed by atoms with Crippen LogP contribution >= 0.6 is 0 Å². The Bertz CT molecular complexity index is 867. The molecular formula is C17H20N6O. The van der Waals surface area contributed by atoms with E-state index in [2.05, 4.69) is 26.9 Å². The molecule has 0 aliphatic carbocycles. The summed E-state index contributed by atoms with van der Waals surface area (Å²) in [6, 6.07) is 8.09. The van der Waals surface area contributed by atoms with E-state index >= 15 is 0 Å². The molecule has 1 aliphatic heterocycles. The van der Waals surface area contributed by atoms with Crippen LogP contribution in [0.15, 0.2) is 42.9 Å². The van der Waals surface area contributed by atoms with Crippen molar-refractivity contribution < 1.29 is 4.79 Å². The summed E-state index contributed by atoms with van der Waals surface area (Å²) >= 11 is 0. The van der Waals surface area contributed by atoms with E-state index < -0.39 is 0 Å². The van der Waals surface area contributed by atoms with Gasteiger partial charge in [0.2, 0.25) is 5.91 Å². The predicted octanol–water partition coefficient (Wildman–Crippen LogP) is 1.18. The molecule has 24 heavy (non-hydrogen) atoms. The maximum atomic E-state index is 11.9. The molecule has 1 amide bonds. The molecule has 124 valence electrons. The Balaban J connectivity index is 1.53. The highest BCUT2D eigenvalue weighted by Gasteiger charge is 2.31. The van der Waals surface area contributed by atoms with Gasteiger partial charge in [-0.15, -0.1) is 0 Å². The first kappa shape index (κ1) is 14.9. The highest BCUT2D eigenvalue weighted by molar-refractivity contribution is 5.77. The van der Waals surface area contributed by atoms with E-state index in [-0.39, 0.29) is 18.0 Å². The first-order chi connectivity index (χ1) is 11.7. The first-order valence-electron chi connectivity index (χ1n) is 8.14. The van der Waals surface area contributed by atoms with E-state index in [1.54, 1.807) is 6.20 Å². The zero-order chi connectivity index (χ0) is 16.5. The first-order valence-corrected chi connectivity index (χ1v) is 8.14. The second-order valence-corrected chi connectivity index (χ2v) is 6.15. The van der Waals surface area contributed by atoms with Gasteiger partial charge in [-0.05, 0) is 24.6 Å². The van der Waals surface area contributed by atoms with Crippen LogP contribution in [0.1, 0.15) is 30.1 Å². The number of rotatable bonds is 4. The summed E-state index contributed by atoms with van der Waals surface area (Å²) in [5.41, 5.74) is 3.26. The number of aryl methyl sites for hydroxylation is 1. The second kappa shape index (κ2) is 6.09. The predicted molar refractivity (Wildman–Crippen MR) is 89.1 cm³/mol. The molecule has 4 heterocycles. The normalized spacial score (nSPS) is 21.1. The molecule has 0 aromatic carbocycles. The molecule has 0 bridgehead atoms. The maximum Gasteiger partial charge on any atom is 0.220 e. The van der Waals surface area contributed by atoms with E-state index in [0.29, 0.717) is 13.0 Å². The summed E-state index contributed by atoms with van der Waals surface area (Å²) in [6.45, 7) is 0.711. The number of hydrogen-bond acceptors (Lipinski definition) is 4. The molecule has 0 spiro atoms. The van der Waals surface area contributed by atoms with E-state index in [1.165, 1.54) is 0 Å². The van der Waals surface area contributed by atoms with Crippen molar-refractivity contribution in [1.82, 2.24) is 30.0 Å². The van der Waals surface area contributed by atoms with Crippen molar-refractivity contribution in [3.05, 3.63) is 54.1 Å². The Hall–Kier alpha value is -2.67. The summed E-state index contributed by atoms with van der Waals surface area (Å²) in [4.78, 5) is 11.9. The van der Waals surface area contributed by atoms with Crippen molar-refractivity contribution in [3.8, 4) is 0 Å². The van der Waals surface area contributed by atoms with Crippen LogP contribution in [0, 0.1) is 0 Å². The average Bonchev–Trinajstić information content (AvgIpc) is 3.20. The van der Waals surface area contributed by atoms with E-state index in [4.69, 9.17) is 0 Å². The Labute approximate surface area is 139 Å².